The summed E-state index contributed by atoms with van der Waals surface area (Å²) < 4.78 is 5.87. The van der Waals surface area contributed by atoms with E-state index in [4.69, 9.17) is 4.74 Å². The minimum Gasteiger partial charge on any atom is -0.494 e. The first kappa shape index (κ1) is 23.9. The van der Waals surface area contributed by atoms with Gasteiger partial charge in [0.1, 0.15) is 18.3 Å². The van der Waals surface area contributed by atoms with Gasteiger partial charge in [0.05, 0.1) is 12.6 Å². The number of hydrogen-bond acceptors (Lipinski definition) is 3. The summed E-state index contributed by atoms with van der Waals surface area (Å²) >= 11 is 0. The standard InChI is InChI=1S/C30H38N2O3/c1-2-3-20-35-25-18-16-23(17-19-25)29-30(34)31(24-12-5-4-6-13-24)21-28(33)32(29)27-15-9-11-22-10-7-8-14-26(22)27/h7-8,10,14,16-19,24,27,29H,2-6,9,11-13,15,20-21H2,1H3/t27-,29+/m1/s1. The van der Waals surface area contributed by atoms with Crippen LogP contribution in [0.2, 0.25) is 0 Å². The van der Waals surface area contributed by atoms with E-state index in [9.17, 15) is 9.59 Å². The Morgan fingerprint density at radius 1 is 0.914 bits per heavy atom. The number of ether oxygens (including phenoxy) is 1. The van der Waals surface area contributed by atoms with Gasteiger partial charge >= 0.3 is 0 Å². The largest absolute Gasteiger partial charge is 0.494 e. The molecule has 5 heteroatoms. The summed E-state index contributed by atoms with van der Waals surface area (Å²) in [7, 11) is 0. The van der Waals surface area contributed by atoms with E-state index in [1.54, 1.807) is 0 Å². The summed E-state index contributed by atoms with van der Waals surface area (Å²) in [5.74, 6) is 0.972. The van der Waals surface area contributed by atoms with Crippen molar-refractivity contribution in [1.82, 2.24) is 9.80 Å². The molecule has 0 aromatic heterocycles. The van der Waals surface area contributed by atoms with Crippen LogP contribution < -0.4 is 4.74 Å². The van der Waals surface area contributed by atoms with E-state index >= 15 is 0 Å². The van der Waals surface area contributed by atoms with Gasteiger partial charge in [0.25, 0.3) is 5.91 Å². The average Bonchev–Trinajstić information content (AvgIpc) is 2.90. The highest BCUT2D eigenvalue weighted by Crippen LogP contribution is 2.42. The third-order valence-electron chi connectivity index (χ3n) is 8.04. The zero-order valence-electron chi connectivity index (χ0n) is 21.0. The van der Waals surface area contributed by atoms with Gasteiger partial charge in [0.15, 0.2) is 0 Å². The van der Waals surface area contributed by atoms with Crippen molar-refractivity contribution in [3.8, 4) is 5.75 Å². The molecule has 2 aromatic carbocycles. The van der Waals surface area contributed by atoms with Gasteiger partial charge in [-0.2, -0.15) is 0 Å². The zero-order valence-corrected chi connectivity index (χ0v) is 21.0. The molecule has 2 aromatic rings. The van der Waals surface area contributed by atoms with Crippen molar-refractivity contribution < 1.29 is 14.3 Å². The maximum Gasteiger partial charge on any atom is 0.250 e. The Hall–Kier alpha value is -2.82. The van der Waals surface area contributed by atoms with Crippen LogP contribution in [-0.4, -0.2) is 40.8 Å². The first-order valence-corrected chi connectivity index (χ1v) is 13.6. The first-order valence-electron chi connectivity index (χ1n) is 13.6. The minimum atomic E-state index is -0.584. The van der Waals surface area contributed by atoms with Crippen LogP contribution in [0.4, 0.5) is 0 Å². The predicted molar refractivity (Wildman–Crippen MR) is 137 cm³/mol. The number of nitrogens with zero attached hydrogens (tertiary/aromatic N) is 2. The number of benzene rings is 2. The monoisotopic (exact) mass is 474 g/mol. The third-order valence-corrected chi connectivity index (χ3v) is 8.04. The Kier molecular flexibility index (Phi) is 7.40. The van der Waals surface area contributed by atoms with E-state index in [0.717, 1.165) is 69.1 Å². The fraction of sp³-hybridized carbons (Fsp3) is 0.533. The molecule has 2 fully saturated rings. The molecule has 1 heterocycles. The van der Waals surface area contributed by atoms with Crippen molar-refractivity contribution in [2.24, 2.45) is 0 Å². The molecule has 2 amide bonds. The van der Waals surface area contributed by atoms with E-state index in [-0.39, 0.29) is 30.4 Å². The van der Waals surface area contributed by atoms with Crippen LogP contribution in [0.25, 0.3) is 0 Å². The smallest absolute Gasteiger partial charge is 0.250 e. The van der Waals surface area contributed by atoms with Crippen LogP contribution in [0.15, 0.2) is 48.5 Å². The highest BCUT2D eigenvalue weighted by atomic mass is 16.5. The number of amides is 2. The molecule has 1 saturated heterocycles. The van der Waals surface area contributed by atoms with Crippen LogP contribution >= 0.6 is 0 Å². The summed E-state index contributed by atoms with van der Waals surface area (Å²) in [4.78, 5) is 31.8. The number of rotatable bonds is 7. The minimum absolute atomic E-state index is 0.0598. The molecular formula is C30H38N2O3. The van der Waals surface area contributed by atoms with E-state index in [1.807, 2.05) is 34.1 Å². The summed E-state index contributed by atoms with van der Waals surface area (Å²) in [5, 5.41) is 0. The highest BCUT2D eigenvalue weighted by molar-refractivity contribution is 5.96. The third kappa shape index (κ3) is 4.96. The van der Waals surface area contributed by atoms with E-state index < -0.39 is 6.04 Å². The average molecular weight is 475 g/mol. The molecule has 2 atom stereocenters. The molecule has 2 aliphatic carbocycles. The first-order chi connectivity index (χ1) is 17.2. The summed E-state index contributed by atoms with van der Waals surface area (Å²) in [6.07, 6.45) is 10.6. The lowest BCUT2D eigenvalue weighted by atomic mass is 9.84. The van der Waals surface area contributed by atoms with Gasteiger partial charge in [-0.1, -0.05) is 69.0 Å². The van der Waals surface area contributed by atoms with E-state index in [2.05, 4.69) is 31.2 Å². The molecule has 0 N–H and O–H groups in total. The van der Waals surface area contributed by atoms with Gasteiger partial charge in [-0.3, -0.25) is 9.59 Å². The van der Waals surface area contributed by atoms with Crippen LogP contribution in [0.5, 0.6) is 5.75 Å². The van der Waals surface area contributed by atoms with Crippen molar-refractivity contribution in [2.45, 2.75) is 89.3 Å². The zero-order chi connectivity index (χ0) is 24.2. The predicted octanol–water partition coefficient (Wildman–Crippen LogP) is 5.99. The highest BCUT2D eigenvalue weighted by Gasteiger charge is 2.46. The molecule has 0 radical (unpaired) electrons. The maximum absolute atomic E-state index is 14.1. The van der Waals surface area contributed by atoms with Gasteiger partial charge in [0, 0.05) is 6.04 Å². The second kappa shape index (κ2) is 10.8. The number of carbonyl (C=O) groups excluding carboxylic acids is 2. The molecule has 5 nitrogen and oxygen atoms in total. The van der Waals surface area contributed by atoms with Crippen LogP contribution in [0.1, 0.15) is 93.5 Å². The van der Waals surface area contributed by atoms with Crippen molar-refractivity contribution in [2.75, 3.05) is 13.2 Å². The van der Waals surface area contributed by atoms with Crippen LogP contribution in [-0.2, 0) is 16.0 Å². The second-order valence-corrected chi connectivity index (χ2v) is 10.3. The lowest BCUT2D eigenvalue weighted by molar-refractivity contribution is -0.162. The van der Waals surface area contributed by atoms with Gasteiger partial charge in [-0.25, -0.2) is 0 Å². The van der Waals surface area contributed by atoms with Gasteiger partial charge < -0.3 is 14.5 Å². The maximum atomic E-state index is 14.1. The number of unbranched alkanes of at least 4 members (excludes halogenated alkanes) is 1. The van der Waals surface area contributed by atoms with Crippen molar-refractivity contribution in [3.05, 3.63) is 65.2 Å². The molecule has 3 aliphatic rings. The number of piperazine rings is 1. The normalized spacial score (nSPS) is 23.3. The summed E-state index contributed by atoms with van der Waals surface area (Å²) in [6.45, 7) is 3.04. The Morgan fingerprint density at radius 3 is 2.46 bits per heavy atom. The number of carbonyl (C=O) groups is 2. The summed E-state index contributed by atoms with van der Waals surface area (Å²) in [6, 6.07) is 15.9. The Balaban J connectivity index is 1.49. The second-order valence-electron chi connectivity index (χ2n) is 10.3. The molecule has 5 rings (SSSR count). The Labute approximate surface area is 209 Å². The molecule has 1 saturated carbocycles. The lowest BCUT2D eigenvalue weighted by Gasteiger charge is -2.48. The van der Waals surface area contributed by atoms with Crippen molar-refractivity contribution in [3.63, 3.8) is 0 Å². The van der Waals surface area contributed by atoms with Crippen LogP contribution in [0, 0.1) is 0 Å². The molecule has 0 bridgehead atoms. The van der Waals surface area contributed by atoms with Crippen LogP contribution in [0.3, 0.4) is 0 Å². The molecule has 0 spiro atoms. The summed E-state index contributed by atoms with van der Waals surface area (Å²) in [5.41, 5.74) is 3.39. The number of fused-ring (bicyclic) bond motifs is 1. The molecule has 1 aliphatic heterocycles. The fourth-order valence-corrected chi connectivity index (χ4v) is 6.18. The number of aryl methyl sites for hydroxylation is 1. The Morgan fingerprint density at radius 2 is 1.69 bits per heavy atom. The topological polar surface area (TPSA) is 49.9 Å². The van der Waals surface area contributed by atoms with Crippen molar-refractivity contribution in [1.29, 1.82) is 0 Å². The molecule has 0 unspecified atom stereocenters. The lowest BCUT2D eigenvalue weighted by Crippen LogP contribution is -2.59. The van der Waals surface area contributed by atoms with E-state index in [0.29, 0.717) is 6.61 Å². The van der Waals surface area contributed by atoms with Gasteiger partial charge in [-0.05, 0) is 67.3 Å². The quantitative estimate of drug-likeness (QED) is 0.463. The fourth-order valence-electron chi connectivity index (χ4n) is 6.18. The molecule has 186 valence electrons. The van der Waals surface area contributed by atoms with E-state index in [1.165, 1.54) is 17.5 Å². The molecule has 35 heavy (non-hydrogen) atoms. The van der Waals surface area contributed by atoms with Gasteiger partial charge in [0.2, 0.25) is 5.91 Å². The van der Waals surface area contributed by atoms with Gasteiger partial charge in [-0.15, -0.1) is 0 Å². The SMILES string of the molecule is CCCCOc1ccc([C@H]2C(=O)N(C3CCCCC3)CC(=O)N2[C@@H]2CCCc3ccccc32)cc1. The molecular weight excluding hydrogens is 436 g/mol. The Bertz CT molecular complexity index is 1030. The van der Waals surface area contributed by atoms with Crippen molar-refractivity contribution >= 4 is 11.8 Å². The number of hydrogen-bond donors (Lipinski definition) is 0.